The molecule has 2 aromatic heterocycles. The van der Waals surface area contributed by atoms with Gasteiger partial charge in [-0.05, 0) is 18.7 Å². The topological polar surface area (TPSA) is 78.7 Å². The Balaban J connectivity index is 1.52. The predicted octanol–water partition coefficient (Wildman–Crippen LogP) is 1.69. The van der Waals surface area contributed by atoms with Crippen molar-refractivity contribution in [2.24, 2.45) is 0 Å². The van der Waals surface area contributed by atoms with Crippen molar-refractivity contribution in [3.8, 4) is 0 Å². The molecule has 7 nitrogen and oxygen atoms in total. The molecule has 1 aliphatic heterocycles. The lowest BCUT2D eigenvalue weighted by atomic mass is 10.2. The fourth-order valence-electron chi connectivity index (χ4n) is 2.59. The summed E-state index contributed by atoms with van der Waals surface area (Å²) in [7, 11) is 0. The summed E-state index contributed by atoms with van der Waals surface area (Å²) in [4.78, 5) is 32.8. The number of thiazole rings is 1. The number of anilines is 1. The van der Waals surface area contributed by atoms with Crippen LogP contribution >= 0.6 is 11.3 Å². The Hall–Kier alpha value is -2.19. The maximum atomic E-state index is 12.4. The minimum atomic E-state index is -0.345. The molecule has 2 aromatic rings. The second-order valence-corrected chi connectivity index (χ2v) is 6.43. The van der Waals surface area contributed by atoms with Gasteiger partial charge in [-0.3, -0.25) is 14.9 Å². The van der Waals surface area contributed by atoms with Crippen LogP contribution in [0.2, 0.25) is 0 Å². The Bertz CT molecular complexity index is 690. The average molecular weight is 348 g/mol. The van der Waals surface area contributed by atoms with Crippen LogP contribution in [0.5, 0.6) is 0 Å². The Morgan fingerprint density at radius 2 is 2.12 bits per heavy atom. The van der Waals surface area contributed by atoms with Crippen LogP contribution in [0.25, 0.3) is 0 Å². The van der Waals surface area contributed by atoms with Gasteiger partial charge >= 0.3 is 0 Å². The zero-order valence-electron chi connectivity index (χ0n) is 13.5. The van der Waals surface area contributed by atoms with Crippen molar-refractivity contribution in [2.45, 2.75) is 13.3 Å². The third kappa shape index (κ3) is 4.01. The average Bonchev–Trinajstić information content (AvgIpc) is 3.27. The number of likely N-dealkylation sites (N-methyl/N-ethyl adjacent to an activating group) is 1. The van der Waals surface area contributed by atoms with Crippen LogP contribution in [-0.4, -0.2) is 59.3 Å². The first-order chi connectivity index (χ1) is 11.7. The van der Waals surface area contributed by atoms with Crippen LogP contribution in [0.15, 0.2) is 28.2 Å². The number of nitrogens with one attached hydrogen (secondary N) is 1. The minimum absolute atomic E-state index is 0.0833. The van der Waals surface area contributed by atoms with Gasteiger partial charge in [-0.1, -0.05) is 6.92 Å². The van der Waals surface area contributed by atoms with Gasteiger partial charge in [0.15, 0.2) is 10.9 Å². The number of carbonyl (C=O) groups is 2. The van der Waals surface area contributed by atoms with Gasteiger partial charge in [-0.15, -0.1) is 11.3 Å². The standard InChI is InChI=1S/C16H20N4O3S/c1-2-19-5-7-20(8-6-19)14(21)10-12-11-24-16(17-12)18-15(22)13-4-3-9-23-13/h3-4,9,11H,2,5-8,10H2,1H3,(H,17,18,22). The Kier molecular flexibility index (Phi) is 5.27. The predicted molar refractivity (Wildman–Crippen MR) is 91.2 cm³/mol. The molecule has 1 N–H and O–H groups in total. The molecule has 0 atom stereocenters. The van der Waals surface area contributed by atoms with E-state index in [0.29, 0.717) is 10.8 Å². The monoisotopic (exact) mass is 348 g/mol. The third-order valence-electron chi connectivity index (χ3n) is 4.02. The molecule has 1 saturated heterocycles. The molecule has 24 heavy (non-hydrogen) atoms. The number of nitrogens with zero attached hydrogens (tertiary/aromatic N) is 3. The lowest BCUT2D eigenvalue weighted by molar-refractivity contribution is -0.132. The first kappa shape index (κ1) is 16.7. The number of aromatic nitrogens is 1. The number of amides is 2. The van der Waals surface area contributed by atoms with E-state index in [1.807, 2.05) is 4.90 Å². The van der Waals surface area contributed by atoms with E-state index in [0.717, 1.165) is 32.7 Å². The van der Waals surface area contributed by atoms with Crippen LogP contribution in [0.4, 0.5) is 5.13 Å². The summed E-state index contributed by atoms with van der Waals surface area (Å²) >= 11 is 1.30. The molecule has 8 heteroatoms. The van der Waals surface area contributed by atoms with Crippen molar-refractivity contribution >= 4 is 28.3 Å². The molecule has 0 aliphatic carbocycles. The molecule has 2 amide bonds. The van der Waals surface area contributed by atoms with Crippen LogP contribution in [-0.2, 0) is 11.2 Å². The number of carbonyl (C=O) groups excluding carboxylic acids is 2. The number of rotatable bonds is 5. The van der Waals surface area contributed by atoms with Crippen molar-refractivity contribution in [2.75, 3.05) is 38.0 Å². The molecule has 0 radical (unpaired) electrons. The molecule has 0 aromatic carbocycles. The van der Waals surface area contributed by atoms with E-state index in [-0.39, 0.29) is 24.0 Å². The van der Waals surface area contributed by atoms with Gasteiger partial charge in [0, 0.05) is 31.6 Å². The van der Waals surface area contributed by atoms with Crippen LogP contribution in [0.3, 0.4) is 0 Å². The highest BCUT2D eigenvalue weighted by Gasteiger charge is 2.21. The number of hydrogen-bond acceptors (Lipinski definition) is 6. The van der Waals surface area contributed by atoms with Crippen molar-refractivity contribution in [3.05, 3.63) is 35.2 Å². The van der Waals surface area contributed by atoms with Crippen LogP contribution < -0.4 is 5.32 Å². The molecule has 128 valence electrons. The van der Waals surface area contributed by atoms with E-state index in [1.165, 1.54) is 17.6 Å². The lowest BCUT2D eigenvalue weighted by Gasteiger charge is -2.34. The Morgan fingerprint density at radius 1 is 1.33 bits per heavy atom. The smallest absolute Gasteiger partial charge is 0.293 e. The second kappa shape index (κ2) is 7.59. The van der Waals surface area contributed by atoms with E-state index in [9.17, 15) is 9.59 Å². The normalized spacial score (nSPS) is 15.5. The molecule has 3 rings (SSSR count). The zero-order chi connectivity index (χ0) is 16.9. The molecule has 3 heterocycles. The summed E-state index contributed by atoms with van der Waals surface area (Å²) in [6, 6.07) is 3.24. The molecule has 0 unspecified atom stereocenters. The highest BCUT2D eigenvalue weighted by molar-refractivity contribution is 7.14. The summed E-state index contributed by atoms with van der Waals surface area (Å²) in [5, 5.41) is 4.95. The van der Waals surface area contributed by atoms with E-state index < -0.39 is 0 Å². The first-order valence-electron chi connectivity index (χ1n) is 7.95. The van der Waals surface area contributed by atoms with E-state index in [4.69, 9.17) is 4.42 Å². The summed E-state index contributed by atoms with van der Waals surface area (Å²) < 4.78 is 5.04. The van der Waals surface area contributed by atoms with Gasteiger partial charge in [-0.2, -0.15) is 0 Å². The first-order valence-corrected chi connectivity index (χ1v) is 8.83. The second-order valence-electron chi connectivity index (χ2n) is 5.57. The highest BCUT2D eigenvalue weighted by atomic mass is 32.1. The van der Waals surface area contributed by atoms with Gasteiger partial charge in [0.2, 0.25) is 5.91 Å². The van der Waals surface area contributed by atoms with Gasteiger partial charge < -0.3 is 14.2 Å². The fourth-order valence-corrected chi connectivity index (χ4v) is 3.30. The van der Waals surface area contributed by atoms with Gasteiger partial charge in [0.05, 0.1) is 18.4 Å². The van der Waals surface area contributed by atoms with E-state index in [1.54, 1.807) is 17.5 Å². The summed E-state index contributed by atoms with van der Waals surface area (Å²) in [5.41, 5.74) is 0.678. The van der Waals surface area contributed by atoms with Gasteiger partial charge in [-0.25, -0.2) is 4.98 Å². The summed E-state index contributed by atoms with van der Waals surface area (Å²) in [6.07, 6.45) is 1.71. The van der Waals surface area contributed by atoms with Crippen LogP contribution in [0, 0.1) is 0 Å². The SMILES string of the molecule is CCN1CCN(C(=O)Cc2csc(NC(=O)c3ccco3)n2)CC1. The quantitative estimate of drug-likeness (QED) is 0.890. The van der Waals surface area contributed by atoms with E-state index >= 15 is 0 Å². The maximum absolute atomic E-state index is 12.4. The zero-order valence-corrected chi connectivity index (χ0v) is 14.3. The molecular formula is C16H20N4O3S. The van der Waals surface area contributed by atoms with Crippen molar-refractivity contribution in [1.29, 1.82) is 0 Å². The largest absolute Gasteiger partial charge is 0.459 e. The molecule has 0 saturated carbocycles. The molecule has 0 spiro atoms. The molecular weight excluding hydrogens is 328 g/mol. The van der Waals surface area contributed by atoms with Crippen LogP contribution in [0.1, 0.15) is 23.2 Å². The molecule has 1 fully saturated rings. The number of hydrogen-bond donors (Lipinski definition) is 1. The van der Waals surface area contributed by atoms with E-state index in [2.05, 4.69) is 22.1 Å². The molecule has 0 bridgehead atoms. The maximum Gasteiger partial charge on any atom is 0.293 e. The summed E-state index contributed by atoms with van der Waals surface area (Å²) in [5.74, 6) is -0.0282. The van der Waals surface area contributed by atoms with Crippen molar-refractivity contribution in [1.82, 2.24) is 14.8 Å². The number of piperazine rings is 1. The summed E-state index contributed by atoms with van der Waals surface area (Å²) in [6.45, 7) is 6.52. The third-order valence-corrected chi connectivity index (χ3v) is 4.83. The van der Waals surface area contributed by atoms with Crippen molar-refractivity contribution in [3.63, 3.8) is 0 Å². The highest BCUT2D eigenvalue weighted by Crippen LogP contribution is 2.18. The Labute approximate surface area is 144 Å². The minimum Gasteiger partial charge on any atom is -0.459 e. The molecule has 1 aliphatic rings. The fraction of sp³-hybridized carbons (Fsp3) is 0.438. The lowest BCUT2D eigenvalue weighted by Crippen LogP contribution is -2.48. The Morgan fingerprint density at radius 3 is 2.79 bits per heavy atom. The van der Waals surface area contributed by atoms with Crippen molar-refractivity contribution < 1.29 is 14.0 Å². The van der Waals surface area contributed by atoms with Gasteiger partial charge in [0.1, 0.15) is 0 Å². The van der Waals surface area contributed by atoms with Gasteiger partial charge in [0.25, 0.3) is 5.91 Å². The number of furan rings is 1.